The molecule has 3 heteroatoms. The third-order valence-electron chi connectivity index (χ3n) is 2.95. The molecule has 16 heavy (non-hydrogen) atoms. The molecule has 0 bridgehead atoms. The van der Waals surface area contributed by atoms with Crippen LogP contribution in [-0.4, -0.2) is 31.1 Å². The summed E-state index contributed by atoms with van der Waals surface area (Å²) >= 11 is 6.05. The van der Waals surface area contributed by atoms with E-state index in [0.717, 1.165) is 18.9 Å². The highest BCUT2D eigenvalue weighted by Crippen LogP contribution is 2.25. The van der Waals surface area contributed by atoms with Gasteiger partial charge in [-0.05, 0) is 50.6 Å². The maximum absolute atomic E-state index is 6.05. The Labute approximate surface area is 102 Å². The maximum Gasteiger partial charge on any atom is 0.138 e. The van der Waals surface area contributed by atoms with Crippen LogP contribution >= 0.6 is 11.6 Å². The van der Waals surface area contributed by atoms with Gasteiger partial charge in [0.05, 0.1) is 5.02 Å². The first-order valence-corrected chi connectivity index (χ1v) is 6.25. The number of hydrogen-bond donors (Lipinski definition) is 0. The number of ether oxygens (including phenoxy) is 1. The number of hydrogen-bond acceptors (Lipinski definition) is 2. The molecule has 0 unspecified atom stereocenters. The van der Waals surface area contributed by atoms with Crippen LogP contribution in [-0.2, 0) is 0 Å². The molecule has 0 N–H and O–H groups in total. The van der Waals surface area contributed by atoms with Crippen LogP contribution in [0, 0.1) is 6.92 Å². The molecule has 1 saturated heterocycles. The van der Waals surface area contributed by atoms with Gasteiger partial charge in [0.15, 0.2) is 0 Å². The molecule has 0 spiro atoms. The topological polar surface area (TPSA) is 12.5 Å². The van der Waals surface area contributed by atoms with Crippen LogP contribution in [0.2, 0.25) is 5.02 Å². The summed E-state index contributed by atoms with van der Waals surface area (Å²) in [6.45, 7) is 6.20. The molecular formula is C13H18ClNO. The monoisotopic (exact) mass is 239 g/mol. The predicted octanol–water partition coefficient (Wildman–Crippen LogP) is 3.12. The van der Waals surface area contributed by atoms with Gasteiger partial charge >= 0.3 is 0 Å². The fourth-order valence-electron chi connectivity index (χ4n) is 2.01. The Kier molecular flexibility index (Phi) is 4.08. The van der Waals surface area contributed by atoms with Gasteiger partial charge in [0.2, 0.25) is 0 Å². The van der Waals surface area contributed by atoms with Crippen molar-refractivity contribution >= 4 is 11.6 Å². The van der Waals surface area contributed by atoms with Gasteiger partial charge in [-0.1, -0.05) is 17.7 Å². The van der Waals surface area contributed by atoms with E-state index in [4.69, 9.17) is 16.3 Å². The molecule has 1 aliphatic rings. The van der Waals surface area contributed by atoms with Crippen LogP contribution in [0.3, 0.4) is 0 Å². The van der Waals surface area contributed by atoms with Crippen molar-refractivity contribution in [2.75, 3.05) is 26.2 Å². The molecule has 0 saturated carbocycles. The highest BCUT2D eigenvalue weighted by molar-refractivity contribution is 6.32. The van der Waals surface area contributed by atoms with Crippen molar-refractivity contribution < 1.29 is 4.74 Å². The number of halogens is 1. The molecule has 2 rings (SSSR count). The number of likely N-dealkylation sites (tertiary alicyclic amines) is 1. The van der Waals surface area contributed by atoms with Gasteiger partial charge in [0.1, 0.15) is 12.4 Å². The second-order valence-electron chi connectivity index (χ2n) is 4.33. The van der Waals surface area contributed by atoms with Gasteiger partial charge in [-0.15, -0.1) is 0 Å². The summed E-state index contributed by atoms with van der Waals surface area (Å²) in [6.07, 6.45) is 2.65. The third-order valence-corrected chi connectivity index (χ3v) is 3.26. The van der Waals surface area contributed by atoms with Crippen molar-refractivity contribution in [2.24, 2.45) is 0 Å². The molecular weight excluding hydrogens is 222 g/mol. The molecule has 0 amide bonds. The lowest BCUT2D eigenvalue weighted by Crippen LogP contribution is -2.25. The fraction of sp³-hybridized carbons (Fsp3) is 0.538. The van der Waals surface area contributed by atoms with Crippen molar-refractivity contribution in [1.29, 1.82) is 0 Å². The predicted molar refractivity (Wildman–Crippen MR) is 67.4 cm³/mol. The lowest BCUT2D eigenvalue weighted by molar-refractivity contribution is 0.238. The summed E-state index contributed by atoms with van der Waals surface area (Å²) in [5, 5.41) is 0.701. The van der Waals surface area contributed by atoms with E-state index >= 15 is 0 Å². The molecule has 1 fully saturated rings. The van der Waals surface area contributed by atoms with Gasteiger partial charge in [-0.2, -0.15) is 0 Å². The molecule has 2 nitrogen and oxygen atoms in total. The lowest BCUT2D eigenvalue weighted by atomic mass is 10.2. The second kappa shape index (κ2) is 5.55. The SMILES string of the molecule is Cc1ccc(Cl)c(OCCN2CCCC2)c1. The first-order valence-electron chi connectivity index (χ1n) is 5.87. The van der Waals surface area contributed by atoms with E-state index in [1.54, 1.807) is 0 Å². The number of aryl methyl sites for hydroxylation is 1. The smallest absolute Gasteiger partial charge is 0.138 e. The standard InChI is InChI=1S/C13H18ClNO/c1-11-4-5-12(14)13(10-11)16-9-8-15-6-2-3-7-15/h4-5,10H,2-3,6-9H2,1H3. The summed E-state index contributed by atoms with van der Waals surface area (Å²) < 4.78 is 5.71. The fourth-order valence-corrected chi connectivity index (χ4v) is 2.18. The minimum Gasteiger partial charge on any atom is -0.491 e. The quantitative estimate of drug-likeness (QED) is 0.801. The molecule has 1 aromatic carbocycles. The number of benzene rings is 1. The highest BCUT2D eigenvalue weighted by atomic mass is 35.5. The molecule has 1 aliphatic heterocycles. The van der Waals surface area contributed by atoms with Gasteiger partial charge in [-0.3, -0.25) is 4.90 Å². The summed E-state index contributed by atoms with van der Waals surface area (Å²) in [4.78, 5) is 2.43. The van der Waals surface area contributed by atoms with E-state index in [9.17, 15) is 0 Å². The first kappa shape index (κ1) is 11.7. The van der Waals surface area contributed by atoms with Crippen LogP contribution in [0.4, 0.5) is 0 Å². The molecule has 1 heterocycles. The van der Waals surface area contributed by atoms with Crippen molar-refractivity contribution in [3.63, 3.8) is 0 Å². The molecule has 0 radical (unpaired) electrons. The zero-order valence-electron chi connectivity index (χ0n) is 9.71. The minimum absolute atomic E-state index is 0.701. The first-order chi connectivity index (χ1) is 7.75. The van der Waals surface area contributed by atoms with Crippen LogP contribution < -0.4 is 4.74 Å². The summed E-state index contributed by atoms with van der Waals surface area (Å²) in [5.74, 6) is 0.806. The molecule has 0 aliphatic carbocycles. The van der Waals surface area contributed by atoms with E-state index in [0.29, 0.717) is 5.02 Å². The average Bonchev–Trinajstić information content (AvgIpc) is 2.76. The normalized spacial score (nSPS) is 16.6. The zero-order valence-corrected chi connectivity index (χ0v) is 10.5. The highest BCUT2D eigenvalue weighted by Gasteiger charge is 2.11. The lowest BCUT2D eigenvalue weighted by Gasteiger charge is -2.15. The summed E-state index contributed by atoms with van der Waals surface area (Å²) in [6, 6.07) is 5.88. The third kappa shape index (κ3) is 3.13. The van der Waals surface area contributed by atoms with Crippen molar-refractivity contribution in [3.8, 4) is 5.75 Å². The minimum atomic E-state index is 0.701. The molecule has 0 aromatic heterocycles. The Morgan fingerprint density at radius 2 is 2.06 bits per heavy atom. The van der Waals surface area contributed by atoms with Gasteiger partial charge in [-0.25, -0.2) is 0 Å². The van der Waals surface area contributed by atoms with Crippen molar-refractivity contribution in [3.05, 3.63) is 28.8 Å². The summed E-state index contributed by atoms with van der Waals surface area (Å²) in [5.41, 5.74) is 1.18. The Morgan fingerprint density at radius 3 is 2.81 bits per heavy atom. The zero-order chi connectivity index (χ0) is 11.4. The Hall–Kier alpha value is -0.730. The van der Waals surface area contributed by atoms with E-state index in [-0.39, 0.29) is 0 Å². The Bertz CT molecular complexity index is 348. The maximum atomic E-state index is 6.05. The van der Waals surface area contributed by atoms with E-state index in [1.165, 1.54) is 31.5 Å². The van der Waals surface area contributed by atoms with Crippen molar-refractivity contribution in [2.45, 2.75) is 19.8 Å². The van der Waals surface area contributed by atoms with Gasteiger partial charge in [0.25, 0.3) is 0 Å². The molecule has 1 aromatic rings. The van der Waals surface area contributed by atoms with Gasteiger partial charge < -0.3 is 4.74 Å². The van der Waals surface area contributed by atoms with Crippen LogP contribution in [0.1, 0.15) is 18.4 Å². The van der Waals surface area contributed by atoms with Crippen LogP contribution in [0.25, 0.3) is 0 Å². The van der Waals surface area contributed by atoms with E-state index in [2.05, 4.69) is 4.90 Å². The second-order valence-corrected chi connectivity index (χ2v) is 4.74. The van der Waals surface area contributed by atoms with E-state index < -0.39 is 0 Å². The van der Waals surface area contributed by atoms with E-state index in [1.807, 2.05) is 25.1 Å². The number of rotatable bonds is 4. The largest absolute Gasteiger partial charge is 0.491 e. The van der Waals surface area contributed by atoms with Crippen molar-refractivity contribution in [1.82, 2.24) is 4.90 Å². The Morgan fingerprint density at radius 1 is 1.31 bits per heavy atom. The number of nitrogens with zero attached hydrogens (tertiary/aromatic N) is 1. The molecule has 88 valence electrons. The average molecular weight is 240 g/mol. The van der Waals surface area contributed by atoms with Gasteiger partial charge in [0, 0.05) is 6.54 Å². The van der Waals surface area contributed by atoms with Crippen LogP contribution in [0.15, 0.2) is 18.2 Å². The van der Waals surface area contributed by atoms with Crippen LogP contribution in [0.5, 0.6) is 5.75 Å². The Balaban J connectivity index is 1.82. The summed E-state index contributed by atoms with van der Waals surface area (Å²) in [7, 11) is 0. The molecule has 0 atom stereocenters.